The highest BCUT2D eigenvalue weighted by atomic mass is 32.2. The minimum absolute atomic E-state index is 0.0481. The molecule has 1 aliphatic heterocycles. The molecule has 0 aliphatic carbocycles. The summed E-state index contributed by atoms with van der Waals surface area (Å²) < 4.78 is 5.21. The van der Waals surface area contributed by atoms with Crippen LogP contribution in [-0.2, 0) is 9.59 Å². The van der Waals surface area contributed by atoms with Crippen molar-refractivity contribution in [2.75, 3.05) is 18.6 Å². The predicted octanol–water partition coefficient (Wildman–Crippen LogP) is 5.05. The lowest BCUT2D eigenvalue weighted by molar-refractivity contribution is -0.122. The lowest BCUT2D eigenvalue weighted by Crippen LogP contribution is -2.43. The monoisotopic (exact) mass is 444 g/mol. The fourth-order valence-electron chi connectivity index (χ4n) is 3.53. The van der Waals surface area contributed by atoms with Crippen molar-refractivity contribution in [3.63, 3.8) is 0 Å². The molecule has 0 aromatic heterocycles. The van der Waals surface area contributed by atoms with E-state index in [9.17, 15) is 9.59 Å². The average Bonchev–Trinajstić information content (AvgIpc) is 2.82. The molecule has 2 amide bonds. The summed E-state index contributed by atoms with van der Waals surface area (Å²) in [5.74, 6) is 0.359. The van der Waals surface area contributed by atoms with Crippen molar-refractivity contribution in [2.24, 2.45) is 0 Å². The van der Waals surface area contributed by atoms with Crippen LogP contribution in [0.15, 0.2) is 88.7 Å². The van der Waals surface area contributed by atoms with E-state index < -0.39 is 0 Å². The summed E-state index contributed by atoms with van der Waals surface area (Å²) in [7, 11) is 1.62. The maximum Gasteiger partial charge on any atom is 0.265 e. The predicted molar refractivity (Wildman–Crippen MR) is 129 cm³/mol. The highest BCUT2D eigenvalue weighted by Gasteiger charge is 2.30. The summed E-state index contributed by atoms with van der Waals surface area (Å²) in [6.07, 6.45) is 1.85. The van der Waals surface area contributed by atoms with Gasteiger partial charge in [-0.1, -0.05) is 66.4 Å². The standard InChI is InChI=1S/C26H24N2O3S/c1-18(20-8-4-3-5-9-20)27-25(29)17-28-22-10-6-7-11-23(22)32-24(26(28)30)16-19-12-14-21(31-2)15-13-19/h3-16,18H,17H2,1-2H3,(H,27,29)/b24-16-/t18-/m0/s1. The van der Waals surface area contributed by atoms with Gasteiger partial charge in [-0.3, -0.25) is 14.5 Å². The Morgan fingerprint density at radius 2 is 1.72 bits per heavy atom. The van der Waals surface area contributed by atoms with Gasteiger partial charge in [0.05, 0.1) is 23.7 Å². The zero-order valence-electron chi connectivity index (χ0n) is 17.9. The molecule has 0 saturated carbocycles. The molecular formula is C26H24N2O3S. The molecule has 0 saturated heterocycles. The number of benzene rings is 3. The van der Waals surface area contributed by atoms with E-state index in [1.54, 1.807) is 12.0 Å². The lowest BCUT2D eigenvalue weighted by Gasteiger charge is -2.30. The third kappa shape index (κ3) is 4.86. The normalized spacial score (nSPS) is 15.2. The Hall–Kier alpha value is -3.51. The van der Waals surface area contributed by atoms with E-state index in [-0.39, 0.29) is 24.4 Å². The first-order valence-corrected chi connectivity index (χ1v) is 11.2. The van der Waals surface area contributed by atoms with Crippen LogP contribution < -0.4 is 15.0 Å². The number of nitrogens with zero attached hydrogens (tertiary/aromatic N) is 1. The first-order chi connectivity index (χ1) is 15.5. The second-order valence-electron chi connectivity index (χ2n) is 7.44. The van der Waals surface area contributed by atoms with Crippen molar-refractivity contribution in [1.29, 1.82) is 0 Å². The fourth-order valence-corrected chi connectivity index (χ4v) is 4.59. The van der Waals surface area contributed by atoms with Gasteiger partial charge in [0.2, 0.25) is 5.91 Å². The summed E-state index contributed by atoms with van der Waals surface area (Å²) in [5, 5.41) is 3.00. The topological polar surface area (TPSA) is 58.6 Å². The molecule has 3 aromatic carbocycles. The molecule has 0 radical (unpaired) electrons. The van der Waals surface area contributed by atoms with E-state index in [1.807, 2.05) is 91.9 Å². The Bertz CT molecular complexity index is 1140. The van der Waals surface area contributed by atoms with Crippen LogP contribution in [0.5, 0.6) is 5.75 Å². The number of hydrogen-bond acceptors (Lipinski definition) is 4. The van der Waals surface area contributed by atoms with Crippen molar-refractivity contribution >= 4 is 35.3 Å². The lowest BCUT2D eigenvalue weighted by atomic mass is 10.1. The van der Waals surface area contributed by atoms with Crippen LogP contribution in [0.1, 0.15) is 24.1 Å². The maximum atomic E-state index is 13.3. The highest BCUT2D eigenvalue weighted by Crippen LogP contribution is 2.42. The molecule has 32 heavy (non-hydrogen) atoms. The zero-order valence-corrected chi connectivity index (χ0v) is 18.8. The smallest absolute Gasteiger partial charge is 0.265 e. The number of carbonyl (C=O) groups excluding carboxylic acids is 2. The van der Waals surface area contributed by atoms with Crippen molar-refractivity contribution in [1.82, 2.24) is 5.32 Å². The van der Waals surface area contributed by atoms with E-state index in [4.69, 9.17) is 4.74 Å². The SMILES string of the molecule is COc1ccc(/C=C2\Sc3ccccc3N(CC(=O)N[C@@H](C)c3ccccc3)C2=O)cc1. The van der Waals surface area contributed by atoms with Gasteiger partial charge in [-0.25, -0.2) is 0 Å². The van der Waals surface area contributed by atoms with Gasteiger partial charge in [0, 0.05) is 4.90 Å². The molecule has 6 heteroatoms. The highest BCUT2D eigenvalue weighted by molar-refractivity contribution is 8.04. The number of hydrogen-bond donors (Lipinski definition) is 1. The Balaban J connectivity index is 1.56. The fraction of sp³-hybridized carbons (Fsp3) is 0.154. The third-order valence-electron chi connectivity index (χ3n) is 5.22. The van der Waals surface area contributed by atoms with Crippen molar-refractivity contribution in [3.05, 3.63) is 94.9 Å². The molecule has 0 unspecified atom stereocenters. The summed E-state index contributed by atoms with van der Waals surface area (Å²) in [5.41, 5.74) is 2.65. The average molecular weight is 445 g/mol. The molecular weight excluding hydrogens is 420 g/mol. The van der Waals surface area contributed by atoms with Crippen molar-refractivity contribution in [2.45, 2.75) is 17.9 Å². The van der Waals surface area contributed by atoms with Gasteiger partial charge < -0.3 is 10.1 Å². The first kappa shape index (κ1) is 21.7. The van der Waals surface area contributed by atoms with Gasteiger partial charge in [0.15, 0.2) is 0 Å². The molecule has 1 N–H and O–H groups in total. The number of anilines is 1. The number of amides is 2. The number of para-hydroxylation sites is 1. The Labute approximate surface area is 192 Å². The number of methoxy groups -OCH3 is 1. The summed E-state index contributed by atoms with van der Waals surface area (Å²) in [6.45, 7) is 1.89. The molecule has 4 rings (SSSR count). The van der Waals surface area contributed by atoms with Crippen LogP contribution in [0.2, 0.25) is 0 Å². The van der Waals surface area contributed by atoms with Gasteiger partial charge in [-0.05, 0) is 48.4 Å². The second kappa shape index (κ2) is 9.75. The molecule has 5 nitrogen and oxygen atoms in total. The minimum Gasteiger partial charge on any atom is -0.497 e. The van der Waals surface area contributed by atoms with Crippen LogP contribution in [0.3, 0.4) is 0 Å². The maximum absolute atomic E-state index is 13.3. The van der Waals surface area contributed by atoms with Crippen molar-refractivity contribution in [3.8, 4) is 5.75 Å². The van der Waals surface area contributed by atoms with Crippen LogP contribution in [0.25, 0.3) is 6.08 Å². The van der Waals surface area contributed by atoms with E-state index in [1.165, 1.54) is 11.8 Å². The summed E-state index contributed by atoms with van der Waals surface area (Å²) >= 11 is 1.42. The number of rotatable bonds is 6. The molecule has 162 valence electrons. The zero-order chi connectivity index (χ0) is 22.5. The molecule has 0 fully saturated rings. The van der Waals surface area contributed by atoms with Gasteiger partial charge in [0.25, 0.3) is 5.91 Å². The first-order valence-electron chi connectivity index (χ1n) is 10.3. The van der Waals surface area contributed by atoms with Crippen LogP contribution in [0, 0.1) is 0 Å². The number of fused-ring (bicyclic) bond motifs is 1. The van der Waals surface area contributed by atoms with Gasteiger partial charge in [-0.2, -0.15) is 0 Å². The summed E-state index contributed by atoms with van der Waals surface area (Å²) in [4.78, 5) is 29.2. The number of nitrogens with one attached hydrogen (secondary N) is 1. The third-order valence-corrected chi connectivity index (χ3v) is 6.30. The van der Waals surface area contributed by atoms with Gasteiger partial charge >= 0.3 is 0 Å². The molecule has 0 spiro atoms. The number of carbonyl (C=O) groups is 2. The van der Waals surface area contributed by atoms with E-state index in [0.717, 1.165) is 27.5 Å². The molecule has 0 bridgehead atoms. The van der Waals surface area contributed by atoms with Crippen LogP contribution >= 0.6 is 11.8 Å². The van der Waals surface area contributed by atoms with Gasteiger partial charge in [0.1, 0.15) is 12.3 Å². The number of thioether (sulfide) groups is 1. The van der Waals surface area contributed by atoms with Crippen LogP contribution in [-0.4, -0.2) is 25.5 Å². The van der Waals surface area contributed by atoms with E-state index >= 15 is 0 Å². The van der Waals surface area contributed by atoms with Gasteiger partial charge in [-0.15, -0.1) is 0 Å². The second-order valence-corrected chi connectivity index (χ2v) is 8.53. The quantitative estimate of drug-likeness (QED) is 0.541. The van der Waals surface area contributed by atoms with E-state index in [2.05, 4.69) is 5.32 Å². The van der Waals surface area contributed by atoms with Crippen LogP contribution in [0.4, 0.5) is 5.69 Å². The molecule has 1 heterocycles. The molecule has 3 aromatic rings. The Kier molecular flexibility index (Phi) is 6.61. The molecule has 1 atom stereocenters. The Morgan fingerprint density at radius 1 is 1.03 bits per heavy atom. The largest absolute Gasteiger partial charge is 0.497 e. The number of ether oxygens (including phenoxy) is 1. The van der Waals surface area contributed by atoms with Crippen molar-refractivity contribution < 1.29 is 14.3 Å². The Morgan fingerprint density at radius 3 is 2.44 bits per heavy atom. The van der Waals surface area contributed by atoms with E-state index in [0.29, 0.717) is 4.91 Å². The summed E-state index contributed by atoms with van der Waals surface area (Å²) in [6, 6.07) is 24.8. The minimum atomic E-state index is -0.208. The molecule has 1 aliphatic rings.